The molecule has 2 rings (SSSR count). The summed E-state index contributed by atoms with van der Waals surface area (Å²) in [4.78, 5) is 14.0. The Kier molecular flexibility index (Phi) is 5.31. The second-order valence-electron chi connectivity index (χ2n) is 6.63. The number of ether oxygens (including phenoxy) is 1. The highest BCUT2D eigenvalue weighted by Crippen LogP contribution is 2.21. The molecule has 0 unspecified atom stereocenters. The number of hydrogen-bond acceptors (Lipinski definition) is 4. The zero-order valence-electron chi connectivity index (χ0n) is 13.8. The highest BCUT2D eigenvalue weighted by molar-refractivity contribution is 7.89. The Balaban J connectivity index is 1.98. The van der Waals surface area contributed by atoms with Crippen LogP contribution in [0.15, 0.2) is 35.2 Å². The predicted octanol–water partition coefficient (Wildman–Crippen LogP) is 2.36. The Morgan fingerprint density at radius 3 is 2.57 bits per heavy atom. The van der Waals surface area contributed by atoms with Gasteiger partial charge in [0.15, 0.2) is 0 Å². The van der Waals surface area contributed by atoms with Crippen LogP contribution in [0, 0.1) is 0 Å². The first-order chi connectivity index (χ1) is 10.7. The maximum Gasteiger partial charge on any atom is 0.410 e. The largest absolute Gasteiger partial charge is 0.444 e. The molecular weight excluding hydrogens is 316 g/mol. The van der Waals surface area contributed by atoms with Crippen LogP contribution in [0.5, 0.6) is 0 Å². The first-order valence-corrected chi connectivity index (χ1v) is 9.22. The van der Waals surface area contributed by atoms with Crippen molar-refractivity contribution in [3.63, 3.8) is 0 Å². The summed E-state index contributed by atoms with van der Waals surface area (Å²) in [6.07, 6.45) is 1.21. The fourth-order valence-electron chi connectivity index (χ4n) is 2.50. The molecule has 6 nitrogen and oxygen atoms in total. The van der Waals surface area contributed by atoms with Crippen molar-refractivity contribution in [1.82, 2.24) is 9.62 Å². The van der Waals surface area contributed by atoms with E-state index in [-0.39, 0.29) is 23.6 Å². The number of nitrogens with zero attached hydrogens (tertiary/aromatic N) is 1. The summed E-state index contributed by atoms with van der Waals surface area (Å²) in [7, 11) is -3.56. The molecule has 0 aromatic heterocycles. The second kappa shape index (κ2) is 6.88. The van der Waals surface area contributed by atoms with Crippen LogP contribution in [0.2, 0.25) is 0 Å². The standard InChI is InChI=1S/C16H24N2O4S/c1-16(2,3)22-15(19)18-11-7-8-13(18)12-17-23(20,21)14-9-5-4-6-10-14/h4-6,9-10,13,17H,7-8,11-12H2,1-3H3/t13-/m0/s1. The van der Waals surface area contributed by atoms with Crippen molar-refractivity contribution in [2.45, 2.75) is 50.2 Å². The number of hydrogen-bond donors (Lipinski definition) is 1. The Morgan fingerprint density at radius 2 is 1.96 bits per heavy atom. The quantitative estimate of drug-likeness (QED) is 0.913. The third-order valence-electron chi connectivity index (χ3n) is 3.57. The number of benzene rings is 1. The molecule has 1 aromatic carbocycles. The molecule has 1 aromatic rings. The van der Waals surface area contributed by atoms with Crippen molar-refractivity contribution in [3.05, 3.63) is 30.3 Å². The first kappa shape index (κ1) is 17.7. The molecule has 0 spiro atoms. The molecule has 1 fully saturated rings. The molecule has 0 radical (unpaired) electrons. The molecule has 1 saturated heterocycles. The van der Waals surface area contributed by atoms with E-state index >= 15 is 0 Å². The van der Waals surface area contributed by atoms with Gasteiger partial charge in [-0.1, -0.05) is 18.2 Å². The van der Waals surface area contributed by atoms with Crippen molar-refractivity contribution in [1.29, 1.82) is 0 Å². The topological polar surface area (TPSA) is 75.7 Å². The van der Waals surface area contributed by atoms with Gasteiger partial charge in [-0.3, -0.25) is 0 Å². The predicted molar refractivity (Wildman–Crippen MR) is 87.6 cm³/mol. The van der Waals surface area contributed by atoms with E-state index in [1.807, 2.05) is 20.8 Å². The Bertz CT molecular complexity index is 638. The summed E-state index contributed by atoms with van der Waals surface area (Å²) < 4.78 is 32.5. The lowest BCUT2D eigenvalue weighted by atomic mass is 10.2. The Labute approximate surface area is 137 Å². The summed E-state index contributed by atoms with van der Waals surface area (Å²) in [5.41, 5.74) is -0.562. The third kappa shape index (κ3) is 4.94. The lowest BCUT2D eigenvalue weighted by Crippen LogP contribution is -2.45. The number of rotatable bonds is 4. The Morgan fingerprint density at radius 1 is 1.30 bits per heavy atom. The molecular formula is C16H24N2O4S. The van der Waals surface area contributed by atoms with Crippen LogP contribution in [-0.2, 0) is 14.8 Å². The van der Waals surface area contributed by atoms with Gasteiger partial charge in [0.2, 0.25) is 10.0 Å². The van der Waals surface area contributed by atoms with Crippen LogP contribution in [-0.4, -0.2) is 44.1 Å². The summed E-state index contributed by atoms with van der Waals surface area (Å²) in [6.45, 7) is 6.22. The summed E-state index contributed by atoms with van der Waals surface area (Å²) in [6, 6.07) is 8.03. The van der Waals surface area contributed by atoms with E-state index in [0.29, 0.717) is 6.54 Å². The first-order valence-electron chi connectivity index (χ1n) is 7.73. The lowest BCUT2D eigenvalue weighted by Gasteiger charge is -2.28. The number of amides is 1. The summed E-state index contributed by atoms with van der Waals surface area (Å²) in [5.74, 6) is 0. The molecule has 1 heterocycles. The number of carbonyl (C=O) groups is 1. The number of carbonyl (C=O) groups excluding carboxylic acids is 1. The molecule has 0 aliphatic carbocycles. The Hall–Kier alpha value is -1.60. The minimum absolute atomic E-state index is 0.177. The van der Waals surface area contributed by atoms with Gasteiger partial charge in [-0.05, 0) is 45.7 Å². The van der Waals surface area contributed by atoms with Gasteiger partial charge in [-0.15, -0.1) is 0 Å². The smallest absolute Gasteiger partial charge is 0.410 e. The minimum Gasteiger partial charge on any atom is -0.444 e. The van der Waals surface area contributed by atoms with E-state index in [4.69, 9.17) is 4.74 Å². The fraction of sp³-hybridized carbons (Fsp3) is 0.562. The van der Waals surface area contributed by atoms with Gasteiger partial charge < -0.3 is 9.64 Å². The number of likely N-dealkylation sites (tertiary alicyclic amines) is 1. The number of sulfonamides is 1. The summed E-state index contributed by atoms with van der Waals surface area (Å²) >= 11 is 0. The lowest BCUT2D eigenvalue weighted by molar-refractivity contribution is 0.0229. The SMILES string of the molecule is CC(C)(C)OC(=O)N1CCC[C@H]1CNS(=O)(=O)c1ccccc1. The van der Waals surface area contributed by atoms with Crippen LogP contribution in [0.4, 0.5) is 4.79 Å². The van der Waals surface area contributed by atoms with Crippen molar-refractivity contribution in [2.24, 2.45) is 0 Å². The zero-order chi connectivity index (χ0) is 17.1. The van der Waals surface area contributed by atoms with Crippen LogP contribution in [0.3, 0.4) is 0 Å². The summed E-state index contributed by atoms with van der Waals surface area (Å²) in [5, 5.41) is 0. The van der Waals surface area contributed by atoms with Crippen molar-refractivity contribution in [3.8, 4) is 0 Å². The van der Waals surface area contributed by atoms with E-state index in [2.05, 4.69) is 4.72 Å². The molecule has 1 atom stereocenters. The average molecular weight is 340 g/mol. The minimum atomic E-state index is -3.56. The van der Waals surface area contributed by atoms with E-state index in [9.17, 15) is 13.2 Å². The maximum absolute atomic E-state index is 12.2. The molecule has 0 saturated carbocycles. The van der Waals surface area contributed by atoms with Crippen LogP contribution in [0.1, 0.15) is 33.6 Å². The van der Waals surface area contributed by atoms with Gasteiger partial charge in [0, 0.05) is 19.1 Å². The normalized spacial score (nSPS) is 18.9. The van der Waals surface area contributed by atoms with Gasteiger partial charge in [0.25, 0.3) is 0 Å². The molecule has 0 bridgehead atoms. The van der Waals surface area contributed by atoms with Crippen LogP contribution in [0.25, 0.3) is 0 Å². The molecule has 1 aliphatic rings. The highest BCUT2D eigenvalue weighted by Gasteiger charge is 2.32. The maximum atomic E-state index is 12.2. The van der Waals surface area contributed by atoms with E-state index in [1.165, 1.54) is 0 Å². The van der Waals surface area contributed by atoms with Crippen molar-refractivity contribution < 1.29 is 17.9 Å². The molecule has 1 amide bonds. The average Bonchev–Trinajstić information content (AvgIpc) is 2.93. The fourth-order valence-corrected chi connectivity index (χ4v) is 3.59. The molecule has 23 heavy (non-hydrogen) atoms. The van der Waals surface area contributed by atoms with E-state index < -0.39 is 15.6 Å². The van der Waals surface area contributed by atoms with Gasteiger partial charge in [0.1, 0.15) is 5.60 Å². The van der Waals surface area contributed by atoms with Gasteiger partial charge in [-0.25, -0.2) is 17.9 Å². The van der Waals surface area contributed by atoms with E-state index in [1.54, 1.807) is 35.2 Å². The second-order valence-corrected chi connectivity index (χ2v) is 8.40. The van der Waals surface area contributed by atoms with Crippen LogP contribution < -0.4 is 4.72 Å². The third-order valence-corrected chi connectivity index (χ3v) is 5.01. The van der Waals surface area contributed by atoms with Crippen molar-refractivity contribution in [2.75, 3.05) is 13.1 Å². The van der Waals surface area contributed by atoms with Crippen molar-refractivity contribution >= 4 is 16.1 Å². The molecule has 1 aliphatic heterocycles. The van der Waals surface area contributed by atoms with Gasteiger partial charge in [0.05, 0.1) is 4.90 Å². The van der Waals surface area contributed by atoms with Gasteiger partial charge in [-0.2, -0.15) is 0 Å². The van der Waals surface area contributed by atoms with E-state index in [0.717, 1.165) is 12.8 Å². The monoisotopic (exact) mass is 340 g/mol. The molecule has 7 heteroatoms. The highest BCUT2D eigenvalue weighted by atomic mass is 32.2. The molecule has 128 valence electrons. The van der Waals surface area contributed by atoms with Gasteiger partial charge >= 0.3 is 6.09 Å². The zero-order valence-corrected chi connectivity index (χ0v) is 14.6. The molecule has 1 N–H and O–H groups in total. The number of nitrogens with one attached hydrogen (secondary N) is 1. The van der Waals surface area contributed by atoms with Crippen LogP contribution >= 0.6 is 0 Å².